The van der Waals surface area contributed by atoms with E-state index in [9.17, 15) is 4.79 Å². The molecule has 1 amide bonds. The molecule has 152 valence electrons. The van der Waals surface area contributed by atoms with Crippen molar-refractivity contribution in [2.24, 2.45) is 0 Å². The van der Waals surface area contributed by atoms with Crippen molar-refractivity contribution in [3.63, 3.8) is 0 Å². The maximum atomic E-state index is 12.6. The summed E-state index contributed by atoms with van der Waals surface area (Å²) in [5, 5.41) is 4.53. The Hall–Kier alpha value is -2.72. The molecule has 3 rings (SSSR count). The SMILES string of the molecule is CCOc1c(/C(C)=C/C(=O)Nc2ccc(C)c(Cl)c2)cc2c(C)c(C)oc2c1C. The maximum absolute atomic E-state index is 12.6. The molecule has 0 saturated heterocycles. The quantitative estimate of drug-likeness (QED) is 0.472. The number of carbonyl (C=O) groups excluding carboxylic acids is 1. The predicted octanol–water partition coefficient (Wildman–Crippen LogP) is 6.76. The Morgan fingerprint density at radius 2 is 1.90 bits per heavy atom. The van der Waals surface area contributed by atoms with Crippen LogP contribution < -0.4 is 10.1 Å². The molecule has 0 aliphatic heterocycles. The number of nitrogens with one attached hydrogen (secondary N) is 1. The van der Waals surface area contributed by atoms with Gasteiger partial charge >= 0.3 is 0 Å². The average molecular weight is 412 g/mol. The van der Waals surface area contributed by atoms with E-state index in [4.69, 9.17) is 20.8 Å². The lowest BCUT2D eigenvalue weighted by atomic mass is 9.98. The molecule has 5 heteroatoms. The fourth-order valence-corrected chi connectivity index (χ4v) is 3.54. The van der Waals surface area contributed by atoms with Gasteiger partial charge in [0.25, 0.3) is 0 Å². The van der Waals surface area contributed by atoms with Crippen LogP contribution in [0.15, 0.2) is 34.8 Å². The van der Waals surface area contributed by atoms with E-state index < -0.39 is 0 Å². The summed E-state index contributed by atoms with van der Waals surface area (Å²) in [6, 6.07) is 7.50. The van der Waals surface area contributed by atoms with Gasteiger partial charge in [0.15, 0.2) is 0 Å². The predicted molar refractivity (Wildman–Crippen MR) is 120 cm³/mol. The Labute approximate surface area is 176 Å². The van der Waals surface area contributed by atoms with Crippen LogP contribution in [-0.2, 0) is 4.79 Å². The van der Waals surface area contributed by atoms with Gasteiger partial charge in [-0.3, -0.25) is 4.79 Å². The number of allylic oxidation sites excluding steroid dienone is 1. The third-order valence-electron chi connectivity index (χ3n) is 5.15. The molecule has 4 nitrogen and oxygen atoms in total. The van der Waals surface area contributed by atoms with Gasteiger partial charge in [-0.05, 0) is 76.4 Å². The van der Waals surface area contributed by atoms with Crippen LogP contribution in [0.25, 0.3) is 16.5 Å². The van der Waals surface area contributed by atoms with E-state index in [1.807, 2.05) is 59.7 Å². The maximum Gasteiger partial charge on any atom is 0.248 e. The molecule has 3 aromatic rings. The summed E-state index contributed by atoms with van der Waals surface area (Å²) in [5.74, 6) is 1.41. The summed E-state index contributed by atoms with van der Waals surface area (Å²) in [6.45, 7) is 12.3. The van der Waals surface area contributed by atoms with Crippen molar-refractivity contribution in [1.29, 1.82) is 0 Å². The molecule has 2 aromatic carbocycles. The summed E-state index contributed by atoms with van der Waals surface area (Å²) in [7, 11) is 0. The lowest BCUT2D eigenvalue weighted by Crippen LogP contribution is -2.09. The number of hydrogen-bond donors (Lipinski definition) is 1. The second-order valence-electron chi connectivity index (χ2n) is 7.25. The molecular formula is C24H26ClNO3. The van der Waals surface area contributed by atoms with Gasteiger partial charge in [-0.25, -0.2) is 0 Å². The molecule has 0 radical (unpaired) electrons. The first-order valence-electron chi connectivity index (χ1n) is 9.64. The Kier molecular flexibility index (Phi) is 6.04. The molecule has 1 aromatic heterocycles. The fourth-order valence-electron chi connectivity index (χ4n) is 3.36. The fraction of sp³-hybridized carbons (Fsp3) is 0.292. The highest BCUT2D eigenvalue weighted by molar-refractivity contribution is 6.31. The average Bonchev–Trinajstić information content (AvgIpc) is 2.95. The minimum Gasteiger partial charge on any atom is -0.493 e. The number of anilines is 1. The molecule has 1 N–H and O–H groups in total. The molecule has 0 bridgehead atoms. The normalized spacial score (nSPS) is 11.8. The number of rotatable bonds is 5. The summed E-state index contributed by atoms with van der Waals surface area (Å²) < 4.78 is 11.9. The van der Waals surface area contributed by atoms with E-state index in [1.165, 1.54) is 0 Å². The van der Waals surface area contributed by atoms with E-state index in [0.29, 0.717) is 17.3 Å². The minimum atomic E-state index is -0.220. The van der Waals surface area contributed by atoms with E-state index in [1.54, 1.807) is 12.1 Å². The molecule has 1 heterocycles. The van der Waals surface area contributed by atoms with Crippen molar-refractivity contribution >= 4 is 39.7 Å². The number of carbonyl (C=O) groups is 1. The summed E-state index contributed by atoms with van der Waals surface area (Å²) in [5.41, 5.74) is 6.19. The van der Waals surface area contributed by atoms with Gasteiger partial charge < -0.3 is 14.5 Å². The molecule has 0 fully saturated rings. The number of hydrogen-bond acceptors (Lipinski definition) is 3. The topological polar surface area (TPSA) is 51.5 Å². The summed E-state index contributed by atoms with van der Waals surface area (Å²) >= 11 is 6.15. The molecule has 0 aliphatic carbocycles. The Morgan fingerprint density at radius 1 is 1.17 bits per heavy atom. The van der Waals surface area contributed by atoms with E-state index in [2.05, 4.69) is 5.32 Å². The number of amides is 1. The number of fused-ring (bicyclic) bond motifs is 1. The largest absolute Gasteiger partial charge is 0.493 e. The third kappa shape index (κ3) is 4.18. The smallest absolute Gasteiger partial charge is 0.248 e. The lowest BCUT2D eigenvalue weighted by molar-refractivity contribution is -0.111. The molecule has 0 aliphatic rings. The zero-order valence-corrected chi connectivity index (χ0v) is 18.5. The monoisotopic (exact) mass is 411 g/mol. The van der Waals surface area contributed by atoms with Gasteiger partial charge in [-0.2, -0.15) is 0 Å². The standard InChI is InChI=1S/C24H26ClNO3/c1-7-28-23-16(5)24-20(15(4)17(6)29-24)12-19(23)14(3)10-22(27)26-18-9-8-13(2)21(25)11-18/h8-12H,7H2,1-6H3,(H,26,27)/b14-10+. The number of aryl methyl sites for hydroxylation is 4. The van der Waals surface area contributed by atoms with Crippen molar-refractivity contribution < 1.29 is 13.9 Å². The highest BCUT2D eigenvalue weighted by Crippen LogP contribution is 2.38. The van der Waals surface area contributed by atoms with Crippen molar-refractivity contribution in [1.82, 2.24) is 0 Å². The Morgan fingerprint density at radius 3 is 2.55 bits per heavy atom. The van der Waals surface area contributed by atoms with Crippen LogP contribution >= 0.6 is 11.6 Å². The van der Waals surface area contributed by atoms with Crippen molar-refractivity contribution in [3.05, 3.63) is 63.4 Å². The van der Waals surface area contributed by atoms with Crippen LogP contribution in [0.3, 0.4) is 0 Å². The third-order valence-corrected chi connectivity index (χ3v) is 5.55. The molecule has 0 spiro atoms. The van der Waals surface area contributed by atoms with Gasteiger partial charge in [0.05, 0.1) is 6.61 Å². The van der Waals surface area contributed by atoms with Crippen LogP contribution in [0, 0.1) is 27.7 Å². The van der Waals surface area contributed by atoms with E-state index in [-0.39, 0.29) is 5.91 Å². The van der Waals surface area contributed by atoms with Gasteiger partial charge in [-0.1, -0.05) is 17.7 Å². The van der Waals surface area contributed by atoms with Crippen molar-refractivity contribution in [2.75, 3.05) is 11.9 Å². The molecule has 0 unspecified atom stereocenters. The number of furan rings is 1. The van der Waals surface area contributed by atoms with Crippen molar-refractivity contribution in [3.8, 4) is 5.75 Å². The highest BCUT2D eigenvalue weighted by atomic mass is 35.5. The molecular weight excluding hydrogens is 386 g/mol. The molecule has 0 atom stereocenters. The first kappa shape index (κ1) is 21.0. The number of ether oxygens (including phenoxy) is 1. The zero-order chi connectivity index (χ0) is 21.3. The van der Waals surface area contributed by atoms with Gasteiger partial charge in [0, 0.05) is 33.3 Å². The number of benzene rings is 2. The van der Waals surface area contributed by atoms with Gasteiger partial charge in [-0.15, -0.1) is 0 Å². The number of halogens is 1. The summed E-state index contributed by atoms with van der Waals surface area (Å²) in [4.78, 5) is 12.6. The molecule has 0 saturated carbocycles. The van der Waals surface area contributed by atoms with Crippen LogP contribution in [0.1, 0.15) is 41.9 Å². The highest BCUT2D eigenvalue weighted by Gasteiger charge is 2.18. The first-order chi connectivity index (χ1) is 13.7. The van der Waals surface area contributed by atoms with Crippen LogP contribution in [0.2, 0.25) is 5.02 Å². The Bertz CT molecular complexity index is 1130. The minimum absolute atomic E-state index is 0.220. The van der Waals surface area contributed by atoms with Gasteiger partial charge in [0.2, 0.25) is 5.91 Å². The van der Waals surface area contributed by atoms with E-state index in [0.717, 1.165) is 50.3 Å². The second-order valence-corrected chi connectivity index (χ2v) is 7.66. The Balaban J connectivity index is 2.00. The van der Waals surface area contributed by atoms with E-state index >= 15 is 0 Å². The lowest BCUT2D eigenvalue weighted by Gasteiger charge is -2.14. The first-order valence-corrected chi connectivity index (χ1v) is 10.0. The van der Waals surface area contributed by atoms with Crippen molar-refractivity contribution in [2.45, 2.75) is 41.5 Å². The van der Waals surface area contributed by atoms with Crippen LogP contribution in [0.4, 0.5) is 5.69 Å². The second kappa shape index (κ2) is 8.34. The van der Waals surface area contributed by atoms with Crippen LogP contribution in [0.5, 0.6) is 5.75 Å². The van der Waals surface area contributed by atoms with Crippen LogP contribution in [-0.4, -0.2) is 12.5 Å². The van der Waals surface area contributed by atoms with Gasteiger partial charge in [0.1, 0.15) is 17.1 Å². The molecule has 29 heavy (non-hydrogen) atoms. The summed E-state index contributed by atoms with van der Waals surface area (Å²) in [6.07, 6.45) is 1.58. The zero-order valence-electron chi connectivity index (χ0n) is 17.7.